The zero-order valence-electron chi connectivity index (χ0n) is 11.7. The smallest absolute Gasteiger partial charge is 0.237 e. The molecule has 5 heteroatoms. The predicted octanol–water partition coefficient (Wildman–Crippen LogP) is 0.121. The maximum Gasteiger partial charge on any atom is 0.237 e. The van der Waals surface area contributed by atoms with Gasteiger partial charge in [-0.1, -0.05) is 20.8 Å². The second-order valence-corrected chi connectivity index (χ2v) is 5.50. The van der Waals surface area contributed by atoms with Crippen LogP contribution in [0.1, 0.15) is 20.8 Å². The van der Waals surface area contributed by atoms with Crippen molar-refractivity contribution in [3.8, 4) is 0 Å². The highest BCUT2D eigenvalue weighted by atomic mass is 16.5. The lowest BCUT2D eigenvalue weighted by Crippen LogP contribution is -2.51. The van der Waals surface area contributed by atoms with E-state index in [9.17, 15) is 4.79 Å². The number of morpholine rings is 1. The summed E-state index contributed by atoms with van der Waals surface area (Å²) < 4.78 is 5.79. The minimum absolute atomic E-state index is 0.156. The van der Waals surface area contributed by atoms with Gasteiger partial charge in [0, 0.05) is 19.6 Å². The fraction of sp³-hybridized carbons (Fsp3) is 0.923. The number of hydrogen-bond donors (Lipinski definition) is 1. The van der Waals surface area contributed by atoms with E-state index >= 15 is 0 Å². The van der Waals surface area contributed by atoms with E-state index < -0.39 is 0 Å². The molecular weight excluding hydrogens is 230 g/mol. The Morgan fingerprint density at radius 1 is 1.50 bits per heavy atom. The first kappa shape index (κ1) is 13.8. The van der Waals surface area contributed by atoms with Gasteiger partial charge in [-0.05, 0) is 12.5 Å². The fourth-order valence-corrected chi connectivity index (χ4v) is 2.77. The van der Waals surface area contributed by atoms with Crippen LogP contribution in [0.25, 0.3) is 0 Å². The highest BCUT2D eigenvalue weighted by Gasteiger charge is 2.35. The van der Waals surface area contributed by atoms with Crippen molar-refractivity contribution < 1.29 is 9.53 Å². The van der Waals surface area contributed by atoms with Gasteiger partial charge in [-0.3, -0.25) is 15.0 Å². The van der Waals surface area contributed by atoms with Gasteiger partial charge in [-0.2, -0.15) is 0 Å². The van der Waals surface area contributed by atoms with Gasteiger partial charge in [0.05, 0.1) is 25.4 Å². The number of rotatable bonds is 4. The van der Waals surface area contributed by atoms with Crippen molar-refractivity contribution >= 4 is 5.91 Å². The number of carbonyl (C=O) groups excluding carboxylic acids is 1. The summed E-state index contributed by atoms with van der Waals surface area (Å²) in [4.78, 5) is 16.2. The first-order chi connectivity index (χ1) is 8.61. The van der Waals surface area contributed by atoms with Crippen molar-refractivity contribution in [2.75, 3.05) is 39.3 Å². The number of nitrogens with one attached hydrogen (secondary N) is 1. The van der Waals surface area contributed by atoms with Crippen LogP contribution in [0.5, 0.6) is 0 Å². The summed E-state index contributed by atoms with van der Waals surface area (Å²) in [5.41, 5.74) is 0. The van der Waals surface area contributed by atoms with Gasteiger partial charge >= 0.3 is 0 Å². The van der Waals surface area contributed by atoms with Gasteiger partial charge in [0.2, 0.25) is 5.91 Å². The third-order valence-electron chi connectivity index (χ3n) is 3.82. The molecule has 2 heterocycles. The Labute approximate surface area is 109 Å². The third kappa shape index (κ3) is 3.02. The summed E-state index contributed by atoms with van der Waals surface area (Å²) in [5.74, 6) is 0.633. The van der Waals surface area contributed by atoms with Gasteiger partial charge in [-0.25, -0.2) is 0 Å². The maximum atomic E-state index is 11.9. The first-order valence-electron chi connectivity index (χ1n) is 6.98. The van der Waals surface area contributed by atoms with Crippen molar-refractivity contribution in [3.05, 3.63) is 0 Å². The first-order valence-corrected chi connectivity index (χ1v) is 6.98. The molecule has 2 saturated heterocycles. The molecule has 2 unspecified atom stereocenters. The molecule has 18 heavy (non-hydrogen) atoms. The minimum atomic E-state index is 0.156. The van der Waals surface area contributed by atoms with E-state index in [1.54, 1.807) is 0 Å². The normalized spacial score (nSPS) is 30.4. The van der Waals surface area contributed by atoms with Crippen molar-refractivity contribution in [1.82, 2.24) is 15.1 Å². The molecule has 0 aromatic rings. The summed E-state index contributed by atoms with van der Waals surface area (Å²) in [6.45, 7) is 11.4. The Balaban J connectivity index is 1.92. The molecule has 2 aliphatic heterocycles. The second-order valence-electron chi connectivity index (χ2n) is 5.50. The van der Waals surface area contributed by atoms with Crippen molar-refractivity contribution in [1.29, 1.82) is 0 Å². The van der Waals surface area contributed by atoms with Crippen molar-refractivity contribution in [2.24, 2.45) is 5.92 Å². The number of likely N-dealkylation sites (N-methyl/N-ethyl adjacent to an activating group) is 1. The van der Waals surface area contributed by atoms with Crippen LogP contribution in [0.15, 0.2) is 0 Å². The number of carbonyl (C=O) groups is 1. The molecule has 0 saturated carbocycles. The molecule has 0 radical (unpaired) electrons. The van der Waals surface area contributed by atoms with E-state index in [0.717, 1.165) is 26.2 Å². The summed E-state index contributed by atoms with van der Waals surface area (Å²) >= 11 is 0. The van der Waals surface area contributed by atoms with Crippen LogP contribution in [0.4, 0.5) is 0 Å². The zero-order chi connectivity index (χ0) is 13.1. The van der Waals surface area contributed by atoms with E-state index in [0.29, 0.717) is 19.0 Å². The number of ether oxygens (including phenoxy) is 1. The van der Waals surface area contributed by atoms with E-state index in [-0.39, 0.29) is 18.2 Å². The highest BCUT2D eigenvalue weighted by molar-refractivity contribution is 5.80. The van der Waals surface area contributed by atoms with Crippen molar-refractivity contribution in [2.45, 2.75) is 33.0 Å². The molecule has 0 bridgehead atoms. The Morgan fingerprint density at radius 3 is 2.94 bits per heavy atom. The molecule has 0 aromatic carbocycles. The lowest BCUT2D eigenvalue weighted by atomic mass is 10.1. The number of amides is 1. The zero-order valence-corrected chi connectivity index (χ0v) is 11.7. The Morgan fingerprint density at radius 2 is 2.28 bits per heavy atom. The van der Waals surface area contributed by atoms with Crippen LogP contribution in [0.2, 0.25) is 0 Å². The standard InChI is InChI=1S/C13H25N3O2/c1-4-15-5-6-18-11(8-15)9-16-12(17)7-14-13(16)10(2)3/h10-11,13-14H,4-9H2,1-3H3. The summed E-state index contributed by atoms with van der Waals surface area (Å²) in [5, 5.41) is 3.28. The quantitative estimate of drug-likeness (QED) is 0.775. The average molecular weight is 255 g/mol. The monoisotopic (exact) mass is 255 g/mol. The molecule has 0 spiro atoms. The average Bonchev–Trinajstić information content (AvgIpc) is 2.71. The van der Waals surface area contributed by atoms with Crippen LogP contribution < -0.4 is 5.32 Å². The molecule has 104 valence electrons. The minimum Gasteiger partial charge on any atom is -0.374 e. The van der Waals surface area contributed by atoms with Gasteiger partial charge < -0.3 is 9.64 Å². The molecule has 2 fully saturated rings. The highest BCUT2D eigenvalue weighted by Crippen LogP contribution is 2.16. The lowest BCUT2D eigenvalue weighted by Gasteiger charge is -2.36. The van der Waals surface area contributed by atoms with Gasteiger partial charge in [0.1, 0.15) is 0 Å². The Kier molecular flexibility index (Phi) is 4.59. The summed E-state index contributed by atoms with van der Waals surface area (Å²) in [7, 11) is 0. The molecule has 1 N–H and O–H groups in total. The number of nitrogens with zero attached hydrogens (tertiary/aromatic N) is 2. The molecular formula is C13H25N3O2. The van der Waals surface area contributed by atoms with Crippen LogP contribution in [0, 0.1) is 5.92 Å². The largest absolute Gasteiger partial charge is 0.374 e. The topological polar surface area (TPSA) is 44.8 Å². The van der Waals surface area contributed by atoms with E-state index in [2.05, 4.69) is 31.0 Å². The SMILES string of the molecule is CCN1CCOC(CN2C(=O)CNC2C(C)C)C1. The lowest BCUT2D eigenvalue weighted by molar-refractivity contribution is -0.132. The fourth-order valence-electron chi connectivity index (χ4n) is 2.77. The summed E-state index contributed by atoms with van der Waals surface area (Å²) in [6, 6.07) is 0. The molecule has 2 rings (SSSR count). The number of hydrogen-bond acceptors (Lipinski definition) is 4. The molecule has 5 nitrogen and oxygen atoms in total. The van der Waals surface area contributed by atoms with Crippen LogP contribution >= 0.6 is 0 Å². The molecule has 2 atom stereocenters. The van der Waals surface area contributed by atoms with Crippen LogP contribution in [-0.4, -0.2) is 67.3 Å². The predicted molar refractivity (Wildman–Crippen MR) is 70.2 cm³/mol. The molecule has 2 aliphatic rings. The third-order valence-corrected chi connectivity index (χ3v) is 3.82. The second kappa shape index (κ2) is 5.99. The maximum absolute atomic E-state index is 11.9. The van der Waals surface area contributed by atoms with Crippen LogP contribution in [0.3, 0.4) is 0 Å². The van der Waals surface area contributed by atoms with Gasteiger partial charge in [0.25, 0.3) is 0 Å². The Hall–Kier alpha value is -0.650. The molecule has 0 aromatic heterocycles. The van der Waals surface area contributed by atoms with Gasteiger partial charge in [-0.15, -0.1) is 0 Å². The van der Waals surface area contributed by atoms with Crippen molar-refractivity contribution in [3.63, 3.8) is 0 Å². The molecule has 1 amide bonds. The summed E-state index contributed by atoms with van der Waals surface area (Å²) in [6.07, 6.45) is 0.321. The van der Waals surface area contributed by atoms with Crippen LogP contribution in [-0.2, 0) is 9.53 Å². The van der Waals surface area contributed by atoms with E-state index in [1.807, 2.05) is 4.90 Å². The van der Waals surface area contributed by atoms with E-state index in [1.165, 1.54) is 0 Å². The Bertz CT molecular complexity index is 296. The molecule has 0 aliphatic carbocycles. The van der Waals surface area contributed by atoms with E-state index in [4.69, 9.17) is 4.74 Å². The van der Waals surface area contributed by atoms with Gasteiger partial charge in [0.15, 0.2) is 0 Å².